The van der Waals surface area contributed by atoms with E-state index in [9.17, 15) is 4.79 Å². The van der Waals surface area contributed by atoms with Crippen LogP contribution in [0.1, 0.15) is 40.9 Å². The summed E-state index contributed by atoms with van der Waals surface area (Å²) in [5.74, 6) is 1.45. The molecule has 0 saturated carbocycles. The van der Waals surface area contributed by atoms with Gasteiger partial charge in [-0.05, 0) is 31.9 Å². The lowest BCUT2D eigenvalue weighted by molar-refractivity contribution is 0.0672. The predicted molar refractivity (Wildman–Crippen MR) is 92.7 cm³/mol. The molecular weight excluding hydrogens is 334 g/mol. The van der Waals surface area contributed by atoms with Crippen molar-refractivity contribution in [1.82, 2.24) is 15.2 Å². The third-order valence-electron chi connectivity index (χ3n) is 4.57. The van der Waals surface area contributed by atoms with Crippen molar-refractivity contribution >= 4 is 5.91 Å². The first-order valence-corrected chi connectivity index (χ1v) is 8.51. The number of aryl methyl sites for hydroxylation is 1. The summed E-state index contributed by atoms with van der Waals surface area (Å²) in [5, 5.41) is 7.97. The molecule has 26 heavy (non-hydrogen) atoms. The smallest absolute Gasteiger partial charge is 0.293 e. The molecule has 1 aliphatic rings. The second-order valence-electron chi connectivity index (χ2n) is 6.34. The van der Waals surface area contributed by atoms with Crippen molar-refractivity contribution in [1.29, 1.82) is 0 Å². The molecule has 134 valence electrons. The van der Waals surface area contributed by atoms with Gasteiger partial charge in [-0.3, -0.25) is 4.79 Å². The highest BCUT2D eigenvalue weighted by Gasteiger charge is 2.34. The fourth-order valence-electron chi connectivity index (χ4n) is 3.28. The van der Waals surface area contributed by atoms with Gasteiger partial charge < -0.3 is 18.7 Å². The molecule has 0 bridgehead atoms. The zero-order valence-electron chi connectivity index (χ0n) is 14.6. The SMILES string of the molecule is COc1cccc(-c2cc(C(=O)N3CCC[C@H]3c3cc(C)no3)on2)c1. The van der Waals surface area contributed by atoms with Gasteiger partial charge in [0.2, 0.25) is 5.76 Å². The lowest BCUT2D eigenvalue weighted by Gasteiger charge is -2.20. The lowest BCUT2D eigenvalue weighted by atomic mass is 10.1. The molecule has 0 unspecified atom stereocenters. The van der Waals surface area contributed by atoms with Crippen LogP contribution in [-0.2, 0) is 0 Å². The summed E-state index contributed by atoms with van der Waals surface area (Å²) >= 11 is 0. The van der Waals surface area contributed by atoms with Crippen LogP contribution in [-0.4, -0.2) is 34.8 Å². The molecule has 1 aliphatic heterocycles. The number of amides is 1. The first kappa shape index (κ1) is 16.4. The Kier molecular flexibility index (Phi) is 4.20. The highest BCUT2D eigenvalue weighted by molar-refractivity contribution is 5.93. The van der Waals surface area contributed by atoms with Crippen LogP contribution in [0.25, 0.3) is 11.3 Å². The largest absolute Gasteiger partial charge is 0.497 e. The Morgan fingerprint density at radius 2 is 2.12 bits per heavy atom. The number of likely N-dealkylation sites (tertiary alicyclic amines) is 1. The van der Waals surface area contributed by atoms with Crippen molar-refractivity contribution in [3.63, 3.8) is 0 Å². The number of hydrogen-bond acceptors (Lipinski definition) is 6. The number of hydrogen-bond donors (Lipinski definition) is 0. The van der Waals surface area contributed by atoms with Gasteiger partial charge in [0.25, 0.3) is 5.91 Å². The van der Waals surface area contributed by atoms with Crippen LogP contribution >= 0.6 is 0 Å². The Hall–Kier alpha value is -3.09. The van der Waals surface area contributed by atoms with Crippen LogP contribution in [0.2, 0.25) is 0 Å². The summed E-state index contributed by atoms with van der Waals surface area (Å²) < 4.78 is 15.9. The average molecular weight is 353 g/mol. The topological polar surface area (TPSA) is 81.6 Å². The van der Waals surface area contributed by atoms with Crippen molar-refractivity contribution in [2.24, 2.45) is 0 Å². The molecule has 7 heteroatoms. The Labute approximate surface area is 150 Å². The summed E-state index contributed by atoms with van der Waals surface area (Å²) in [4.78, 5) is 14.7. The molecule has 3 aromatic rings. The quantitative estimate of drug-likeness (QED) is 0.712. The zero-order chi connectivity index (χ0) is 18.1. The molecule has 1 aromatic carbocycles. The van der Waals surface area contributed by atoms with E-state index < -0.39 is 0 Å². The van der Waals surface area contributed by atoms with Crippen LogP contribution in [0.5, 0.6) is 5.75 Å². The van der Waals surface area contributed by atoms with E-state index in [4.69, 9.17) is 13.8 Å². The van der Waals surface area contributed by atoms with Crippen molar-refractivity contribution in [3.05, 3.63) is 53.6 Å². The third-order valence-corrected chi connectivity index (χ3v) is 4.57. The first-order chi connectivity index (χ1) is 12.7. The number of methoxy groups -OCH3 is 1. The van der Waals surface area contributed by atoms with Gasteiger partial charge >= 0.3 is 0 Å². The number of carbonyl (C=O) groups excluding carboxylic acids is 1. The highest BCUT2D eigenvalue weighted by atomic mass is 16.5. The zero-order valence-corrected chi connectivity index (χ0v) is 14.6. The van der Waals surface area contributed by atoms with Crippen LogP contribution in [0.15, 0.2) is 45.4 Å². The molecule has 3 heterocycles. The van der Waals surface area contributed by atoms with E-state index in [2.05, 4.69) is 10.3 Å². The monoisotopic (exact) mass is 353 g/mol. The third kappa shape index (κ3) is 2.96. The maximum atomic E-state index is 12.9. The number of aromatic nitrogens is 2. The number of carbonyl (C=O) groups is 1. The van der Waals surface area contributed by atoms with Crippen molar-refractivity contribution in [2.45, 2.75) is 25.8 Å². The fourth-order valence-corrected chi connectivity index (χ4v) is 3.28. The van der Waals surface area contributed by atoms with E-state index in [1.807, 2.05) is 37.3 Å². The Morgan fingerprint density at radius 3 is 2.88 bits per heavy atom. The van der Waals surface area contributed by atoms with Crippen LogP contribution in [0.4, 0.5) is 0 Å². The second kappa shape index (κ2) is 6.67. The summed E-state index contributed by atoms with van der Waals surface area (Å²) in [6, 6.07) is 10.9. The van der Waals surface area contributed by atoms with E-state index in [1.54, 1.807) is 18.1 Å². The van der Waals surface area contributed by atoms with E-state index in [0.29, 0.717) is 18.0 Å². The van der Waals surface area contributed by atoms with Gasteiger partial charge in [0.15, 0.2) is 5.76 Å². The summed E-state index contributed by atoms with van der Waals surface area (Å²) in [6.45, 7) is 2.52. The van der Waals surface area contributed by atoms with Crippen LogP contribution in [0, 0.1) is 6.92 Å². The number of nitrogens with zero attached hydrogens (tertiary/aromatic N) is 3. The van der Waals surface area contributed by atoms with Gasteiger partial charge in [-0.1, -0.05) is 22.4 Å². The Morgan fingerprint density at radius 1 is 1.23 bits per heavy atom. The minimum Gasteiger partial charge on any atom is -0.497 e. The first-order valence-electron chi connectivity index (χ1n) is 8.51. The molecular formula is C19H19N3O4. The van der Waals surface area contributed by atoms with E-state index in [-0.39, 0.29) is 17.7 Å². The molecule has 1 fully saturated rings. The van der Waals surface area contributed by atoms with Gasteiger partial charge in [-0.15, -0.1) is 0 Å². The normalized spacial score (nSPS) is 16.8. The van der Waals surface area contributed by atoms with Gasteiger partial charge in [0, 0.05) is 24.2 Å². The van der Waals surface area contributed by atoms with Gasteiger partial charge in [-0.25, -0.2) is 0 Å². The molecule has 2 aromatic heterocycles. The van der Waals surface area contributed by atoms with Crippen molar-refractivity contribution in [2.75, 3.05) is 13.7 Å². The molecule has 4 rings (SSSR count). The molecule has 1 atom stereocenters. The molecule has 0 radical (unpaired) electrons. The van der Waals surface area contributed by atoms with Crippen LogP contribution in [0.3, 0.4) is 0 Å². The minimum atomic E-state index is -0.191. The maximum absolute atomic E-state index is 12.9. The molecule has 7 nitrogen and oxygen atoms in total. The molecule has 0 aliphatic carbocycles. The van der Waals surface area contributed by atoms with E-state index in [0.717, 1.165) is 29.8 Å². The summed E-state index contributed by atoms with van der Waals surface area (Å²) in [5.41, 5.74) is 2.23. The van der Waals surface area contributed by atoms with E-state index in [1.165, 1.54) is 0 Å². The van der Waals surface area contributed by atoms with Crippen LogP contribution < -0.4 is 4.74 Å². The number of ether oxygens (including phenoxy) is 1. The Bertz CT molecular complexity index is 930. The standard InChI is InChI=1S/C19H19N3O4/c1-12-9-17(25-20-12)16-7-4-8-22(16)19(23)18-11-15(21-26-18)13-5-3-6-14(10-13)24-2/h3,5-6,9-11,16H,4,7-8H2,1-2H3/t16-/m0/s1. The fraction of sp³-hybridized carbons (Fsp3) is 0.316. The summed E-state index contributed by atoms with van der Waals surface area (Å²) in [6.07, 6.45) is 1.75. The van der Waals surface area contributed by atoms with E-state index >= 15 is 0 Å². The summed E-state index contributed by atoms with van der Waals surface area (Å²) in [7, 11) is 1.61. The highest BCUT2D eigenvalue weighted by Crippen LogP contribution is 2.34. The molecule has 1 saturated heterocycles. The second-order valence-corrected chi connectivity index (χ2v) is 6.34. The maximum Gasteiger partial charge on any atom is 0.293 e. The molecule has 1 amide bonds. The van der Waals surface area contributed by atoms with Gasteiger partial charge in [0.05, 0.1) is 18.8 Å². The van der Waals surface area contributed by atoms with Crippen molar-refractivity contribution < 1.29 is 18.6 Å². The number of benzene rings is 1. The average Bonchev–Trinajstić information content (AvgIpc) is 3.41. The Balaban J connectivity index is 1.57. The van der Waals surface area contributed by atoms with Crippen molar-refractivity contribution in [3.8, 4) is 17.0 Å². The van der Waals surface area contributed by atoms with Gasteiger partial charge in [0.1, 0.15) is 11.4 Å². The molecule has 0 N–H and O–H groups in total. The number of rotatable bonds is 4. The predicted octanol–water partition coefficient (Wildman–Crippen LogP) is 3.62. The molecule has 0 spiro atoms. The lowest BCUT2D eigenvalue weighted by Crippen LogP contribution is -2.30. The minimum absolute atomic E-state index is 0.117. The van der Waals surface area contributed by atoms with Gasteiger partial charge in [-0.2, -0.15) is 0 Å².